The predicted octanol–water partition coefficient (Wildman–Crippen LogP) is 8.90. The van der Waals surface area contributed by atoms with Crippen molar-refractivity contribution in [1.82, 2.24) is 0 Å². The van der Waals surface area contributed by atoms with Crippen molar-refractivity contribution in [1.29, 1.82) is 0 Å². The van der Waals surface area contributed by atoms with E-state index in [9.17, 15) is 0 Å². The van der Waals surface area contributed by atoms with Crippen LogP contribution in [0.1, 0.15) is 135 Å². The number of hydrogen-bond acceptors (Lipinski definition) is 6. The van der Waals surface area contributed by atoms with E-state index in [0.717, 1.165) is 117 Å². The molecule has 15 rings (SSSR count). The van der Waals surface area contributed by atoms with Crippen molar-refractivity contribution in [3.05, 3.63) is 0 Å². The summed E-state index contributed by atoms with van der Waals surface area (Å²) in [6.07, 6.45) is 28.3. The van der Waals surface area contributed by atoms with Gasteiger partial charge in [-0.15, -0.1) is 0 Å². The van der Waals surface area contributed by atoms with Crippen LogP contribution >= 0.6 is 0 Å². The third kappa shape index (κ3) is 5.53. The molecule has 3 spiro atoms. The van der Waals surface area contributed by atoms with Crippen LogP contribution in [-0.2, 0) is 28.4 Å². The van der Waals surface area contributed by atoms with E-state index >= 15 is 0 Å². The highest BCUT2D eigenvalue weighted by atomic mass is 16.7. The second kappa shape index (κ2) is 13.0. The molecule has 3 aliphatic heterocycles. The van der Waals surface area contributed by atoms with Gasteiger partial charge in [-0.1, -0.05) is 0 Å². The summed E-state index contributed by atoms with van der Waals surface area (Å²) >= 11 is 0. The Kier molecular flexibility index (Phi) is 8.78. The molecule has 3 saturated heterocycles. The molecule has 12 bridgehead atoms. The molecule has 0 radical (unpaired) electrons. The van der Waals surface area contributed by atoms with E-state index in [0.29, 0.717) is 0 Å². The molecule has 0 atom stereocenters. The van der Waals surface area contributed by atoms with Gasteiger partial charge in [-0.2, -0.15) is 0 Å². The van der Waals surface area contributed by atoms with E-state index in [2.05, 4.69) is 0 Å². The maximum Gasteiger partial charge on any atom is 0.173 e. The van der Waals surface area contributed by atoms with Crippen molar-refractivity contribution in [2.75, 3.05) is 39.6 Å². The van der Waals surface area contributed by atoms with Gasteiger partial charge in [0.25, 0.3) is 0 Å². The van der Waals surface area contributed by atoms with E-state index in [1.807, 2.05) is 0 Å². The van der Waals surface area contributed by atoms with Gasteiger partial charge in [-0.3, -0.25) is 0 Å². The fourth-order valence-electron chi connectivity index (χ4n) is 15.1. The molecule has 12 saturated carbocycles. The third-order valence-corrected chi connectivity index (χ3v) is 16.4. The van der Waals surface area contributed by atoms with Gasteiger partial charge in [-0.05, 0) is 170 Å². The second-order valence-corrected chi connectivity index (χ2v) is 19.3. The van der Waals surface area contributed by atoms with E-state index in [1.165, 1.54) is 128 Å². The first-order valence-corrected chi connectivity index (χ1v) is 21.4. The zero-order chi connectivity index (χ0) is 31.8. The third-order valence-electron chi connectivity index (χ3n) is 16.4. The molecule has 15 fully saturated rings. The average Bonchev–Trinajstić information content (AvgIpc) is 3.33. The Bertz CT molecular complexity index is 1020. The molecule has 12 aliphatic carbocycles. The van der Waals surface area contributed by atoms with Crippen LogP contribution in [0.3, 0.4) is 0 Å². The Hall–Kier alpha value is -0.240. The Balaban J connectivity index is 0.0000000925. The summed E-state index contributed by atoms with van der Waals surface area (Å²) in [6.45, 7) is 5.60. The van der Waals surface area contributed by atoms with Crippen molar-refractivity contribution in [2.45, 2.75) is 152 Å². The van der Waals surface area contributed by atoms with E-state index in [1.54, 1.807) is 0 Å². The number of ether oxygens (including phenoxy) is 6. The minimum atomic E-state index is -0.145. The first-order valence-electron chi connectivity index (χ1n) is 21.4. The molecule has 0 aromatic carbocycles. The molecular formula is C42H66O6. The Morgan fingerprint density at radius 3 is 0.688 bits per heavy atom. The summed E-state index contributed by atoms with van der Waals surface area (Å²) in [5.41, 5.74) is 0. The molecule has 3 heterocycles. The Labute approximate surface area is 290 Å². The van der Waals surface area contributed by atoms with Gasteiger partial charge < -0.3 is 28.4 Å². The summed E-state index contributed by atoms with van der Waals surface area (Å²) in [7, 11) is 0. The SMILES string of the molecule is C1CCOC2(OC1)C1CC3CC(C1)CC2C3.C1CCOC2(OCC1)C1CC3CC(C1)CC2C3.C1COC2(OC1)C1CC3CC(C1)CC2C3. The van der Waals surface area contributed by atoms with Crippen LogP contribution in [0.15, 0.2) is 0 Å². The van der Waals surface area contributed by atoms with Crippen molar-refractivity contribution < 1.29 is 28.4 Å². The highest BCUT2D eigenvalue weighted by Gasteiger charge is 2.62. The molecule has 48 heavy (non-hydrogen) atoms. The molecular weight excluding hydrogens is 600 g/mol. The zero-order valence-electron chi connectivity index (χ0n) is 30.0. The van der Waals surface area contributed by atoms with Crippen molar-refractivity contribution in [2.24, 2.45) is 71.0 Å². The fourth-order valence-corrected chi connectivity index (χ4v) is 15.1. The van der Waals surface area contributed by atoms with Gasteiger partial charge in [0.15, 0.2) is 17.4 Å². The van der Waals surface area contributed by atoms with Crippen LogP contribution in [0.25, 0.3) is 0 Å². The zero-order valence-corrected chi connectivity index (χ0v) is 30.0. The highest BCUT2D eigenvalue weighted by Crippen LogP contribution is 2.62. The lowest BCUT2D eigenvalue weighted by molar-refractivity contribution is -0.358. The van der Waals surface area contributed by atoms with E-state index in [4.69, 9.17) is 28.4 Å². The van der Waals surface area contributed by atoms with Crippen LogP contribution in [0.4, 0.5) is 0 Å². The van der Waals surface area contributed by atoms with Gasteiger partial charge in [0.05, 0.1) is 39.6 Å². The van der Waals surface area contributed by atoms with E-state index < -0.39 is 0 Å². The lowest BCUT2D eigenvalue weighted by Crippen LogP contribution is -2.61. The second-order valence-electron chi connectivity index (χ2n) is 19.3. The van der Waals surface area contributed by atoms with Gasteiger partial charge >= 0.3 is 0 Å². The average molecular weight is 667 g/mol. The van der Waals surface area contributed by atoms with E-state index in [-0.39, 0.29) is 17.4 Å². The molecule has 6 nitrogen and oxygen atoms in total. The Morgan fingerprint density at radius 2 is 0.438 bits per heavy atom. The number of rotatable bonds is 0. The molecule has 0 unspecified atom stereocenters. The minimum Gasteiger partial charge on any atom is -0.349 e. The lowest BCUT2D eigenvalue weighted by atomic mass is 9.53. The molecule has 0 N–H and O–H groups in total. The summed E-state index contributed by atoms with van der Waals surface area (Å²) in [5.74, 6) is 9.97. The summed E-state index contributed by atoms with van der Waals surface area (Å²) in [6, 6.07) is 0. The Morgan fingerprint density at radius 1 is 0.229 bits per heavy atom. The smallest absolute Gasteiger partial charge is 0.173 e. The van der Waals surface area contributed by atoms with Gasteiger partial charge in [-0.25, -0.2) is 0 Å². The predicted molar refractivity (Wildman–Crippen MR) is 183 cm³/mol. The maximum absolute atomic E-state index is 6.33. The molecule has 0 aromatic heterocycles. The normalized spacial score (nSPS) is 49.5. The number of hydrogen-bond donors (Lipinski definition) is 0. The first-order chi connectivity index (χ1) is 23.6. The first kappa shape index (κ1) is 32.4. The van der Waals surface area contributed by atoms with Crippen LogP contribution in [-0.4, -0.2) is 57.0 Å². The van der Waals surface area contributed by atoms with Crippen molar-refractivity contribution in [3.63, 3.8) is 0 Å². The van der Waals surface area contributed by atoms with Crippen LogP contribution < -0.4 is 0 Å². The van der Waals surface area contributed by atoms with Crippen LogP contribution in [0.2, 0.25) is 0 Å². The van der Waals surface area contributed by atoms with Crippen molar-refractivity contribution >= 4 is 0 Å². The topological polar surface area (TPSA) is 55.4 Å². The van der Waals surface area contributed by atoms with Crippen LogP contribution in [0.5, 0.6) is 0 Å². The van der Waals surface area contributed by atoms with Crippen LogP contribution in [0, 0.1) is 71.0 Å². The van der Waals surface area contributed by atoms with Gasteiger partial charge in [0, 0.05) is 35.5 Å². The quantitative estimate of drug-likeness (QED) is 0.258. The monoisotopic (exact) mass is 666 g/mol. The largest absolute Gasteiger partial charge is 0.349 e. The summed E-state index contributed by atoms with van der Waals surface area (Å²) in [5, 5.41) is 0. The maximum atomic E-state index is 6.33. The minimum absolute atomic E-state index is 0.119. The standard InChI is InChI=1S/C15H24O2.C14H22O2.C13H20O2/c1-2-4-16-15(17-5-3-1)13-7-11-6-12(9-13)10-14(15)8-11;1-2-4-16-14(15-3-1)12-6-10-5-11(8-12)9-13(14)7-10;1-2-14-13(15-3-1)11-5-9-4-10(7-11)8-12(13)6-9/h11-14H,1-10H2;10-13H,1-9H2;9-12H,1-8H2. The molecule has 15 aliphatic rings. The molecule has 270 valence electrons. The molecule has 0 amide bonds. The fraction of sp³-hybridized carbons (Fsp3) is 1.00. The molecule has 0 aromatic rings. The molecule has 6 heteroatoms. The highest BCUT2D eigenvalue weighted by molar-refractivity contribution is 5.06. The van der Waals surface area contributed by atoms with Crippen molar-refractivity contribution in [3.8, 4) is 0 Å². The van der Waals surface area contributed by atoms with Gasteiger partial charge in [0.1, 0.15) is 0 Å². The summed E-state index contributed by atoms with van der Waals surface area (Å²) < 4.78 is 37.4. The summed E-state index contributed by atoms with van der Waals surface area (Å²) in [4.78, 5) is 0. The lowest BCUT2D eigenvalue weighted by Gasteiger charge is -2.60. The van der Waals surface area contributed by atoms with Gasteiger partial charge in [0.2, 0.25) is 0 Å².